The Morgan fingerprint density at radius 1 is 1.47 bits per heavy atom. The highest BCUT2D eigenvalue weighted by atomic mass is 16.4. The van der Waals surface area contributed by atoms with E-state index in [0.717, 1.165) is 0 Å². The predicted octanol–water partition coefficient (Wildman–Crippen LogP) is 0.490. The van der Waals surface area contributed by atoms with Gasteiger partial charge in [0.1, 0.15) is 6.33 Å². The minimum Gasteiger partial charge on any atom is -0.481 e. The number of carboxylic acid groups (broad SMARTS) is 1. The van der Waals surface area contributed by atoms with Crippen molar-refractivity contribution in [3.63, 3.8) is 0 Å². The molecule has 92 valence electrons. The number of carbonyl (C=O) groups excluding carboxylic acids is 1. The van der Waals surface area contributed by atoms with Crippen LogP contribution >= 0.6 is 0 Å². The topological polar surface area (TPSA) is 108 Å². The maximum atomic E-state index is 11.9. The normalized spacial score (nSPS) is 27.9. The van der Waals surface area contributed by atoms with Gasteiger partial charge < -0.3 is 5.11 Å². The zero-order valence-electron chi connectivity index (χ0n) is 9.38. The first kappa shape index (κ1) is 11.6. The summed E-state index contributed by atoms with van der Waals surface area (Å²) >= 11 is 0. The lowest BCUT2D eigenvalue weighted by atomic mass is 9.95. The third-order valence-corrected chi connectivity index (χ3v) is 3.11. The Morgan fingerprint density at radius 3 is 2.76 bits per heavy atom. The molecule has 0 bridgehead atoms. The first-order valence-electron chi connectivity index (χ1n) is 5.47. The molecule has 17 heavy (non-hydrogen) atoms. The van der Waals surface area contributed by atoms with Crippen molar-refractivity contribution in [3.05, 3.63) is 6.33 Å². The van der Waals surface area contributed by atoms with Crippen molar-refractivity contribution in [1.82, 2.24) is 15.2 Å². The first-order chi connectivity index (χ1) is 8.08. The van der Waals surface area contributed by atoms with Crippen LogP contribution in [0.15, 0.2) is 6.33 Å². The molecule has 1 aliphatic rings. The third-order valence-electron chi connectivity index (χ3n) is 3.11. The number of hydrogen-bond donors (Lipinski definition) is 3. The van der Waals surface area contributed by atoms with Crippen molar-refractivity contribution in [1.29, 1.82) is 0 Å². The van der Waals surface area contributed by atoms with Crippen LogP contribution in [-0.2, 0) is 9.59 Å². The number of anilines is 1. The fourth-order valence-electron chi connectivity index (χ4n) is 2.33. The maximum absolute atomic E-state index is 11.9. The van der Waals surface area contributed by atoms with Crippen LogP contribution in [-0.4, -0.2) is 32.2 Å². The van der Waals surface area contributed by atoms with Crippen LogP contribution in [0.2, 0.25) is 0 Å². The van der Waals surface area contributed by atoms with Gasteiger partial charge in [-0.15, -0.1) is 0 Å². The van der Waals surface area contributed by atoms with Gasteiger partial charge in [-0.3, -0.25) is 14.9 Å². The second-order valence-corrected chi connectivity index (χ2v) is 4.45. The van der Waals surface area contributed by atoms with E-state index >= 15 is 0 Å². The van der Waals surface area contributed by atoms with Crippen molar-refractivity contribution < 1.29 is 14.7 Å². The number of aliphatic carboxylic acids is 1. The molecule has 1 aliphatic carbocycles. The molecule has 7 heteroatoms. The van der Waals surface area contributed by atoms with Gasteiger partial charge in [0.2, 0.25) is 11.9 Å². The Hall–Kier alpha value is -1.92. The summed E-state index contributed by atoms with van der Waals surface area (Å²) in [4.78, 5) is 26.7. The molecule has 0 spiro atoms. The van der Waals surface area contributed by atoms with Gasteiger partial charge in [0.25, 0.3) is 0 Å². The molecular formula is C10H14N4O3. The quantitative estimate of drug-likeness (QED) is 0.710. The van der Waals surface area contributed by atoms with Gasteiger partial charge in [-0.05, 0) is 18.8 Å². The van der Waals surface area contributed by atoms with E-state index in [1.165, 1.54) is 6.33 Å². The molecule has 1 heterocycles. The molecule has 0 radical (unpaired) electrons. The fourth-order valence-corrected chi connectivity index (χ4v) is 2.33. The van der Waals surface area contributed by atoms with Gasteiger partial charge in [-0.2, -0.15) is 10.1 Å². The van der Waals surface area contributed by atoms with Crippen LogP contribution in [0.5, 0.6) is 0 Å². The van der Waals surface area contributed by atoms with Gasteiger partial charge in [-0.25, -0.2) is 5.10 Å². The molecule has 1 amide bonds. The number of nitrogens with zero attached hydrogens (tertiary/aromatic N) is 2. The monoisotopic (exact) mass is 238 g/mol. The summed E-state index contributed by atoms with van der Waals surface area (Å²) in [7, 11) is 0. The van der Waals surface area contributed by atoms with Crippen molar-refractivity contribution in [2.24, 2.45) is 17.8 Å². The molecule has 0 aromatic carbocycles. The summed E-state index contributed by atoms with van der Waals surface area (Å²) in [5.41, 5.74) is 0. The molecular weight excluding hydrogens is 224 g/mol. The molecule has 3 unspecified atom stereocenters. The lowest BCUT2D eigenvalue weighted by molar-refractivity contribution is -0.145. The van der Waals surface area contributed by atoms with Crippen LogP contribution in [0, 0.1) is 17.8 Å². The highest BCUT2D eigenvalue weighted by Crippen LogP contribution is 2.36. The molecule has 1 saturated carbocycles. The highest BCUT2D eigenvalue weighted by Gasteiger charge is 2.41. The van der Waals surface area contributed by atoms with Crippen molar-refractivity contribution >= 4 is 17.8 Å². The molecule has 7 nitrogen and oxygen atoms in total. The van der Waals surface area contributed by atoms with Gasteiger partial charge in [0.15, 0.2) is 0 Å². The third kappa shape index (κ3) is 2.43. The van der Waals surface area contributed by atoms with Crippen LogP contribution in [0.25, 0.3) is 0 Å². The minimum atomic E-state index is -0.910. The van der Waals surface area contributed by atoms with Crippen LogP contribution in [0.1, 0.15) is 19.8 Å². The number of nitrogens with one attached hydrogen (secondary N) is 2. The van der Waals surface area contributed by atoms with Crippen LogP contribution in [0.4, 0.5) is 5.95 Å². The van der Waals surface area contributed by atoms with E-state index in [0.29, 0.717) is 12.8 Å². The number of aromatic amines is 1. The molecule has 3 atom stereocenters. The van der Waals surface area contributed by atoms with E-state index in [-0.39, 0.29) is 17.8 Å². The summed E-state index contributed by atoms with van der Waals surface area (Å²) in [6.45, 7) is 1.96. The Labute approximate surface area is 97.6 Å². The van der Waals surface area contributed by atoms with E-state index < -0.39 is 17.8 Å². The van der Waals surface area contributed by atoms with E-state index in [4.69, 9.17) is 5.11 Å². The average molecular weight is 238 g/mol. The van der Waals surface area contributed by atoms with Crippen LogP contribution in [0.3, 0.4) is 0 Å². The molecule has 0 saturated heterocycles. The SMILES string of the molecule is CC1CC(C(=O)O)C(C(=O)Nc2ncn[nH]2)C1. The van der Waals surface area contributed by atoms with E-state index in [9.17, 15) is 9.59 Å². The van der Waals surface area contributed by atoms with Gasteiger partial charge >= 0.3 is 5.97 Å². The molecule has 2 rings (SSSR count). The number of aromatic nitrogens is 3. The van der Waals surface area contributed by atoms with Crippen molar-refractivity contribution in [3.8, 4) is 0 Å². The number of hydrogen-bond acceptors (Lipinski definition) is 4. The predicted molar refractivity (Wildman–Crippen MR) is 58.0 cm³/mol. The smallest absolute Gasteiger partial charge is 0.307 e. The van der Waals surface area contributed by atoms with Crippen LogP contribution < -0.4 is 5.32 Å². The Balaban J connectivity index is 2.05. The number of H-pyrrole nitrogens is 1. The lowest BCUT2D eigenvalue weighted by Crippen LogP contribution is -2.30. The zero-order valence-corrected chi connectivity index (χ0v) is 9.38. The summed E-state index contributed by atoms with van der Waals surface area (Å²) in [6.07, 6.45) is 2.42. The maximum Gasteiger partial charge on any atom is 0.307 e. The highest BCUT2D eigenvalue weighted by molar-refractivity contribution is 5.94. The molecule has 1 aromatic heterocycles. The largest absolute Gasteiger partial charge is 0.481 e. The average Bonchev–Trinajstić information content (AvgIpc) is 2.86. The van der Waals surface area contributed by atoms with E-state index in [2.05, 4.69) is 20.5 Å². The van der Waals surface area contributed by atoms with Crippen molar-refractivity contribution in [2.75, 3.05) is 5.32 Å². The molecule has 1 fully saturated rings. The molecule has 3 N–H and O–H groups in total. The minimum absolute atomic E-state index is 0.249. The van der Waals surface area contributed by atoms with Gasteiger partial charge in [0, 0.05) is 0 Å². The van der Waals surface area contributed by atoms with Crippen molar-refractivity contribution in [2.45, 2.75) is 19.8 Å². The number of carboxylic acids is 1. The van der Waals surface area contributed by atoms with Gasteiger partial charge in [-0.1, -0.05) is 6.92 Å². The standard InChI is InChI=1S/C10H14N4O3/c1-5-2-6(7(3-5)9(16)17)8(15)13-10-11-4-12-14-10/h4-7H,2-3H2,1H3,(H,16,17)(H2,11,12,13,14,15). The number of rotatable bonds is 3. The second kappa shape index (κ2) is 4.52. The first-order valence-corrected chi connectivity index (χ1v) is 5.47. The summed E-state index contributed by atoms with van der Waals surface area (Å²) in [5, 5.41) is 17.7. The Morgan fingerprint density at radius 2 is 2.18 bits per heavy atom. The molecule has 1 aromatic rings. The Kier molecular flexibility index (Phi) is 3.08. The number of carbonyl (C=O) groups is 2. The summed E-state index contributed by atoms with van der Waals surface area (Å²) in [6, 6.07) is 0. The van der Waals surface area contributed by atoms with E-state index in [1.807, 2.05) is 6.92 Å². The zero-order chi connectivity index (χ0) is 12.4. The van der Waals surface area contributed by atoms with E-state index in [1.54, 1.807) is 0 Å². The fraction of sp³-hybridized carbons (Fsp3) is 0.600. The molecule has 0 aliphatic heterocycles. The Bertz CT molecular complexity index is 417. The number of amides is 1. The summed E-state index contributed by atoms with van der Waals surface area (Å²) < 4.78 is 0. The lowest BCUT2D eigenvalue weighted by Gasteiger charge is -2.13. The summed E-state index contributed by atoms with van der Waals surface area (Å²) in [5.74, 6) is -1.81. The second-order valence-electron chi connectivity index (χ2n) is 4.45. The van der Waals surface area contributed by atoms with Gasteiger partial charge in [0.05, 0.1) is 11.8 Å².